The van der Waals surface area contributed by atoms with E-state index in [9.17, 15) is 9.59 Å². The highest BCUT2D eigenvalue weighted by Crippen LogP contribution is 2.34. The van der Waals surface area contributed by atoms with Gasteiger partial charge in [-0.3, -0.25) is 4.79 Å². The Hall–Kier alpha value is -2.25. The molecule has 2 heterocycles. The number of benzene rings is 1. The number of nitrogens with zero attached hydrogens (tertiary/aromatic N) is 2. The van der Waals surface area contributed by atoms with Crippen molar-refractivity contribution in [2.45, 2.75) is 52.2 Å². The van der Waals surface area contributed by atoms with E-state index in [1.165, 1.54) is 4.88 Å². The number of hydrogen-bond donors (Lipinski definition) is 1. The van der Waals surface area contributed by atoms with Gasteiger partial charge >= 0.3 is 6.03 Å². The van der Waals surface area contributed by atoms with E-state index in [1.807, 2.05) is 44.7 Å². The van der Waals surface area contributed by atoms with Crippen molar-refractivity contribution in [3.05, 3.63) is 51.2 Å². The van der Waals surface area contributed by atoms with Gasteiger partial charge in [0, 0.05) is 28.5 Å². The molecule has 1 aromatic heterocycles. The molecule has 6 nitrogen and oxygen atoms in total. The molecule has 0 aliphatic carbocycles. The number of urea groups is 1. The molecular weight excluding hydrogens is 434 g/mol. The Morgan fingerprint density at radius 3 is 2.58 bits per heavy atom. The summed E-state index contributed by atoms with van der Waals surface area (Å²) in [4.78, 5) is 30.7. The third-order valence-electron chi connectivity index (χ3n) is 5.24. The van der Waals surface area contributed by atoms with E-state index >= 15 is 0 Å². The first kappa shape index (κ1) is 23.4. The van der Waals surface area contributed by atoms with Gasteiger partial charge in [0.2, 0.25) is 5.91 Å². The van der Waals surface area contributed by atoms with Crippen LogP contribution in [0.15, 0.2) is 35.7 Å². The molecule has 168 valence electrons. The first-order chi connectivity index (χ1) is 14.8. The summed E-state index contributed by atoms with van der Waals surface area (Å²) in [6, 6.07) is 8.78. The van der Waals surface area contributed by atoms with Crippen LogP contribution >= 0.6 is 22.9 Å². The number of nitrogens with one attached hydrogen (secondary N) is 1. The number of amides is 3. The fourth-order valence-electron chi connectivity index (χ4n) is 3.64. The molecule has 3 rings (SSSR count). The van der Waals surface area contributed by atoms with Crippen LogP contribution in [0.1, 0.15) is 44.2 Å². The Balaban J connectivity index is 1.76. The first-order valence-electron chi connectivity index (χ1n) is 10.6. The third kappa shape index (κ3) is 5.92. The number of ether oxygens (including phenoxy) is 1. The molecule has 0 radical (unpaired) electrons. The molecule has 0 bridgehead atoms. The van der Waals surface area contributed by atoms with E-state index in [2.05, 4.69) is 16.8 Å². The van der Waals surface area contributed by atoms with Crippen molar-refractivity contribution >= 4 is 34.9 Å². The third-order valence-corrected chi connectivity index (χ3v) is 6.49. The van der Waals surface area contributed by atoms with Gasteiger partial charge in [0.15, 0.2) is 0 Å². The highest BCUT2D eigenvalue weighted by molar-refractivity contribution is 7.10. The Kier molecular flexibility index (Phi) is 7.84. The van der Waals surface area contributed by atoms with E-state index < -0.39 is 0 Å². The summed E-state index contributed by atoms with van der Waals surface area (Å²) in [7, 11) is 0. The quantitative estimate of drug-likeness (QED) is 0.645. The van der Waals surface area contributed by atoms with Gasteiger partial charge < -0.3 is 19.9 Å². The van der Waals surface area contributed by atoms with Crippen molar-refractivity contribution in [3.63, 3.8) is 0 Å². The molecule has 1 atom stereocenters. The second-order valence-corrected chi connectivity index (χ2v) is 9.68. The minimum Gasteiger partial charge on any atom is -0.491 e. The number of fused-ring (bicyclic) bond motifs is 1. The maximum absolute atomic E-state index is 13.3. The molecule has 31 heavy (non-hydrogen) atoms. The van der Waals surface area contributed by atoms with Crippen molar-refractivity contribution in [1.82, 2.24) is 15.1 Å². The van der Waals surface area contributed by atoms with E-state index in [1.54, 1.807) is 28.4 Å². The molecule has 3 amide bonds. The lowest BCUT2D eigenvalue weighted by Crippen LogP contribution is -2.52. The molecule has 1 unspecified atom stereocenters. The van der Waals surface area contributed by atoms with Crippen LogP contribution in [0, 0.1) is 0 Å². The lowest BCUT2D eigenvalue weighted by molar-refractivity contribution is -0.135. The topological polar surface area (TPSA) is 61.9 Å². The molecule has 8 heteroatoms. The average Bonchev–Trinajstić information content (AvgIpc) is 3.19. The number of carbonyl (C=O) groups excluding carboxylic acids is 2. The van der Waals surface area contributed by atoms with Crippen LogP contribution in [0.5, 0.6) is 5.75 Å². The fourth-order valence-corrected chi connectivity index (χ4v) is 4.69. The Morgan fingerprint density at radius 2 is 1.94 bits per heavy atom. The monoisotopic (exact) mass is 463 g/mol. The van der Waals surface area contributed by atoms with Gasteiger partial charge in [-0.25, -0.2) is 4.79 Å². The fraction of sp³-hybridized carbons (Fsp3) is 0.478. The molecule has 0 saturated heterocycles. The average molecular weight is 464 g/mol. The minimum absolute atomic E-state index is 0.00716. The predicted octanol–water partition coefficient (Wildman–Crippen LogP) is 4.73. The molecule has 0 saturated carbocycles. The van der Waals surface area contributed by atoms with Gasteiger partial charge in [0.05, 0.1) is 6.04 Å². The van der Waals surface area contributed by atoms with Gasteiger partial charge in [0.25, 0.3) is 0 Å². The maximum Gasteiger partial charge on any atom is 0.318 e. The van der Waals surface area contributed by atoms with Gasteiger partial charge in [0.1, 0.15) is 18.9 Å². The lowest BCUT2D eigenvalue weighted by Gasteiger charge is -2.37. The molecule has 0 spiro atoms. The van der Waals surface area contributed by atoms with E-state index in [0.29, 0.717) is 23.9 Å². The van der Waals surface area contributed by atoms with Crippen LogP contribution in [0.25, 0.3) is 0 Å². The number of thiophene rings is 1. The zero-order valence-electron chi connectivity index (χ0n) is 18.4. The number of rotatable bonds is 7. The summed E-state index contributed by atoms with van der Waals surface area (Å²) < 4.78 is 6.02. The van der Waals surface area contributed by atoms with Crippen LogP contribution in [-0.2, 0) is 11.2 Å². The van der Waals surface area contributed by atoms with Crippen LogP contribution in [-0.4, -0.2) is 53.5 Å². The Labute approximate surface area is 193 Å². The van der Waals surface area contributed by atoms with E-state index in [-0.39, 0.29) is 36.6 Å². The molecule has 0 fully saturated rings. The Morgan fingerprint density at radius 1 is 1.23 bits per heavy atom. The van der Waals surface area contributed by atoms with Crippen LogP contribution in [0.3, 0.4) is 0 Å². The van der Waals surface area contributed by atoms with E-state index in [4.69, 9.17) is 16.3 Å². The maximum atomic E-state index is 13.3. The zero-order valence-corrected chi connectivity index (χ0v) is 20.0. The van der Waals surface area contributed by atoms with Crippen molar-refractivity contribution in [3.8, 4) is 5.75 Å². The number of carbonyl (C=O) groups is 2. The number of halogens is 1. The lowest BCUT2D eigenvalue weighted by atomic mass is 10.0. The summed E-state index contributed by atoms with van der Waals surface area (Å²) in [5.74, 6) is 0.633. The van der Waals surface area contributed by atoms with E-state index in [0.717, 1.165) is 12.0 Å². The minimum atomic E-state index is -0.222. The van der Waals surface area contributed by atoms with Crippen LogP contribution in [0.2, 0.25) is 5.02 Å². The molecule has 1 aromatic carbocycles. The van der Waals surface area contributed by atoms with Gasteiger partial charge in [-0.2, -0.15) is 0 Å². The SMILES string of the molecule is CC(C)NC(=O)N(CC(=O)N1CCc2sccc2C1COc1ccc(Cl)cc1)C(C)C. The van der Waals surface area contributed by atoms with Gasteiger partial charge in [-0.15, -0.1) is 11.3 Å². The molecule has 2 aromatic rings. The largest absolute Gasteiger partial charge is 0.491 e. The summed E-state index contributed by atoms with van der Waals surface area (Å²) >= 11 is 7.68. The van der Waals surface area contributed by atoms with Gasteiger partial charge in [-0.1, -0.05) is 11.6 Å². The van der Waals surface area contributed by atoms with Gasteiger partial charge in [-0.05, 0) is 75.4 Å². The molecular formula is C23H30ClN3O3S. The summed E-state index contributed by atoms with van der Waals surface area (Å²) in [6.07, 6.45) is 0.816. The van der Waals surface area contributed by atoms with Crippen LogP contribution < -0.4 is 10.1 Å². The summed E-state index contributed by atoms with van der Waals surface area (Å²) in [6.45, 7) is 8.64. The normalized spacial score (nSPS) is 15.7. The standard InChI is InChI=1S/C23H30ClN3O3S/c1-15(2)25-23(29)27(16(3)4)13-22(28)26-11-9-21-19(10-12-31-21)20(26)14-30-18-7-5-17(24)6-8-18/h5-8,10,12,15-16,20H,9,11,13-14H2,1-4H3,(H,25,29). The summed E-state index contributed by atoms with van der Waals surface area (Å²) in [5.41, 5.74) is 1.13. The van der Waals surface area contributed by atoms with Crippen molar-refractivity contribution in [1.29, 1.82) is 0 Å². The zero-order chi connectivity index (χ0) is 22.5. The highest BCUT2D eigenvalue weighted by atomic mass is 35.5. The predicted molar refractivity (Wildman–Crippen MR) is 125 cm³/mol. The smallest absolute Gasteiger partial charge is 0.318 e. The van der Waals surface area contributed by atoms with Crippen LogP contribution in [0.4, 0.5) is 4.79 Å². The molecule has 1 N–H and O–H groups in total. The first-order valence-corrected chi connectivity index (χ1v) is 11.8. The molecule has 1 aliphatic heterocycles. The Bertz CT molecular complexity index is 898. The van der Waals surface area contributed by atoms with Crippen molar-refractivity contribution < 1.29 is 14.3 Å². The number of hydrogen-bond acceptors (Lipinski definition) is 4. The van der Waals surface area contributed by atoms with Crippen molar-refractivity contribution in [2.24, 2.45) is 0 Å². The second kappa shape index (κ2) is 10.4. The second-order valence-electron chi connectivity index (χ2n) is 8.24. The molecule has 1 aliphatic rings. The van der Waals surface area contributed by atoms with Crippen molar-refractivity contribution in [2.75, 3.05) is 19.7 Å². The summed E-state index contributed by atoms with van der Waals surface area (Å²) in [5, 5.41) is 5.60. The highest BCUT2D eigenvalue weighted by Gasteiger charge is 2.34.